The first-order valence-electron chi connectivity index (χ1n) is 9.21. The summed E-state index contributed by atoms with van der Waals surface area (Å²) in [5.41, 5.74) is -0.226. The number of rotatable bonds is 5. The van der Waals surface area contributed by atoms with Crippen molar-refractivity contribution in [1.29, 1.82) is 0 Å². The number of hydrogen-bond acceptors (Lipinski definition) is 3. The van der Waals surface area contributed by atoms with Crippen LogP contribution < -0.4 is 10.6 Å². The van der Waals surface area contributed by atoms with E-state index in [4.69, 9.17) is 12.2 Å². The standard InChI is InChI=1S/C18H30N4OS/c1-4-9-22-16(23)15(12-13(2)3)20-18(22)7-10-21(11-8-18)17(24)19-14-5-6-14/h4,13-15,20H,1,5-12H2,2-3H3,(H,19,24)/t15-/m0/s1. The fourth-order valence-electron chi connectivity index (χ4n) is 3.88. The molecule has 1 saturated carbocycles. The predicted molar refractivity (Wildman–Crippen MR) is 101 cm³/mol. The third kappa shape index (κ3) is 3.59. The van der Waals surface area contributed by atoms with Crippen molar-refractivity contribution in [2.24, 2.45) is 5.92 Å². The highest BCUT2D eigenvalue weighted by atomic mass is 32.1. The summed E-state index contributed by atoms with van der Waals surface area (Å²) in [4.78, 5) is 17.1. The van der Waals surface area contributed by atoms with E-state index in [0.717, 1.165) is 37.5 Å². The topological polar surface area (TPSA) is 47.6 Å². The first-order chi connectivity index (χ1) is 11.4. The third-order valence-corrected chi connectivity index (χ3v) is 5.70. The molecular formula is C18H30N4OS. The minimum Gasteiger partial charge on any atom is -0.360 e. The van der Waals surface area contributed by atoms with Gasteiger partial charge in [-0.1, -0.05) is 19.9 Å². The van der Waals surface area contributed by atoms with E-state index >= 15 is 0 Å². The van der Waals surface area contributed by atoms with Crippen molar-refractivity contribution < 1.29 is 4.79 Å². The summed E-state index contributed by atoms with van der Waals surface area (Å²) in [6, 6.07) is 0.528. The molecule has 0 aromatic carbocycles. The van der Waals surface area contributed by atoms with Gasteiger partial charge in [-0.25, -0.2) is 0 Å². The molecule has 1 spiro atoms. The Bertz CT molecular complexity index is 509. The van der Waals surface area contributed by atoms with E-state index in [1.807, 2.05) is 11.0 Å². The molecular weight excluding hydrogens is 320 g/mol. The number of amides is 1. The molecule has 0 bridgehead atoms. The maximum atomic E-state index is 12.8. The van der Waals surface area contributed by atoms with Gasteiger partial charge in [0.1, 0.15) is 0 Å². The molecule has 6 heteroatoms. The van der Waals surface area contributed by atoms with E-state index in [0.29, 0.717) is 18.5 Å². The number of hydrogen-bond donors (Lipinski definition) is 2. The maximum absolute atomic E-state index is 12.8. The molecule has 2 saturated heterocycles. The van der Waals surface area contributed by atoms with Crippen LogP contribution in [-0.2, 0) is 4.79 Å². The number of nitrogens with one attached hydrogen (secondary N) is 2. The summed E-state index contributed by atoms with van der Waals surface area (Å²) in [5, 5.41) is 7.98. The van der Waals surface area contributed by atoms with Gasteiger partial charge in [-0.2, -0.15) is 0 Å². The van der Waals surface area contributed by atoms with Gasteiger partial charge < -0.3 is 15.1 Å². The van der Waals surface area contributed by atoms with Crippen LogP contribution in [0.25, 0.3) is 0 Å². The molecule has 134 valence electrons. The Morgan fingerprint density at radius 3 is 2.67 bits per heavy atom. The zero-order valence-electron chi connectivity index (χ0n) is 14.9. The van der Waals surface area contributed by atoms with Crippen molar-refractivity contribution in [2.45, 2.75) is 63.7 Å². The van der Waals surface area contributed by atoms with E-state index in [9.17, 15) is 4.79 Å². The summed E-state index contributed by atoms with van der Waals surface area (Å²) in [6.07, 6.45) is 7.02. The normalized spacial score (nSPS) is 26.3. The lowest BCUT2D eigenvalue weighted by Gasteiger charge is -2.45. The molecule has 1 atom stereocenters. The summed E-state index contributed by atoms with van der Waals surface area (Å²) in [7, 11) is 0. The van der Waals surface area contributed by atoms with E-state index in [-0.39, 0.29) is 17.6 Å². The van der Waals surface area contributed by atoms with Crippen LogP contribution in [0, 0.1) is 5.92 Å². The second-order valence-corrected chi connectivity index (χ2v) is 8.19. The Morgan fingerprint density at radius 2 is 2.12 bits per heavy atom. The molecule has 0 aromatic rings. The van der Waals surface area contributed by atoms with Crippen LogP contribution in [-0.4, -0.2) is 58.2 Å². The van der Waals surface area contributed by atoms with E-state index in [1.54, 1.807) is 0 Å². The number of likely N-dealkylation sites (tertiary alicyclic amines) is 1. The molecule has 3 fully saturated rings. The third-order valence-electron chi connectivity index (χ3n) is 5.33. The molecule has 0 radical (unpaired) electrons. The van der Waals surface area contributed by atoms with Crippen molar-refractivity contribution in [3.05, 3.63) is 12.7 Å². The first kappa shape index (κ1) is 17.7. The van der Waals surface area contributed by atoms with Crippen molar-refractivity contribution in [1.82, 2.24) is 20.4 Å². The van der Waals surface area contributed by atoms with Gasteiger partial charge in [0.05, 0.1) is 11.7 Å². The molecule has 5 nitrogen and oxygen atoms in total. The molecule has 2 N–H and O–H groups in total. The first-order valence-corrected chi connectivity index (χ1v) is 9.61. The van der Waals surface area contributed by atoms with Gasteiger partial charge in [-0.3, -0.25) is 10.1 Å². The van der Waals surface area contributed by atoms with Gasteiger partial charge >= 0.3 is 0 Å². The van der Waals surface area contributed by atoms with Crippen LogP contribution in [0.15, 0.2) is 12.7 Å². The van der Waals surface area contributed by atoms with Gasteiger partial charge in [0.2, 0.25) is 5.91 Å². The van der Waals surface area contributed by atoms with Gasteiger partial charge in [-0.15, -0.1) is 6.58 Å². The van der Waals surface area contributed by atoms with Crippen LogP contribution in [0.4, 0.5) is 0 Å². The van der Waals surface area contributed by atoms with Crippen LogP contribution in [0.2, 0.25) is 0 Å². The smallest absolute Gasteiger partial charge is 0.241 e. The lowest BCUT2D eigenvalue weighted by Crippen LogP contribution is -2.60. The summed E-state index contributed by atoms with van der Waals surface area (Å²) < 4.78 is 0. The van der Waals surface area contributed by atoms with Crippen LogP contribution in [0.1, 0.15) is 46.0 Å². The minimum absolute atomic E-state index is 0.0620. The van der Waals surface area contributed by atoms with E-state index < -0.39 is 0 Å². The van der Waals surface area contributed by atoms with E-state index in [1.165, 1.54) is 12.8 Å². The van der Waals surface area contributed by atoms with Crippen LogP contribution >= 0.6 is 12.2 Å². The van der Waals surface area contributed by atoms with Gasteiger partial charge in [0, 0.05) is 38.5 Å². The fraction of sp³-hybridized carbons (Fsp3) is 0.778. The van der Waals surface area contributed by atoms with E-state index in [2.05, 4.69) is 36.0 Å². The fourth-order valence-corrected chi connectivity index (χ4v) is 4.22. The molecule has 0 unspecified atom stereocenters. The molecule has 2 heterocycles. The minimum atomic E-state index is -0.226. The van der Waals surface area contributed by atoms with Crippen molar-refractivity contribution in [2.75, 3.05) is 19.6 Å². The summed E-state index contributed by atoms with van der Waals surface area (Å²) >= 11 is 5.54. The van der Waals surface area contributed by atoms with Crippen LogP contribution in [0.3, 0.4) is 0 Å². The number of thiocarbonyl (C=S) groups is 1. The highest BCUT2D eigenvalue weighted by Gasteiger charge is 2.51. The predicted octanol–water partition coefficient (Wildman–Crippen LogP) is 1.85. The highest BCUT2D eigenvalue weighted by Crippen LogP contribution is 2.34. The molecule has 1 amide bonds. The largest absolute Gasteiger partial charge is 0.360 e. The highest BCUT2D eigenvalue weighted by molar-refractivity contribution is 7.80. The molecule has 2 aliphatic heterocycles. The Labute approximate surface area is 150 Å². The molecule has 24 heavy (non-hydrogen) atoms. The lowest BCUT2D eigenvalue weighted by atomic mass is 9.96. The average Bonchev–Trinajstić information content (AvgIpc) is 3.31. The molecule has 3 aliphatic rings. The summed E-state index contributed by atoms with van der Waals surface area (Å²) in [6.45, 7) is 10.6. The maximum Gasteiger partial charge on any atom is 0.241 e. The van der Waals surface area contributed by atoms with Crippen molar-refractivity contribution in [3.63, 3.8) is 0 Å². The summed E-state index contributed by atoms with van der Waals surface area (Å²) in [5.74, 6) is 0.735. The Balaban J connectivity index is 1.65. The van der Waals surface area contributed by atoms with Crippen molar-refractivity contribution in [3.8, 4) is 0 Å². The Morgan fingerprint density at radius 1 is 1.46 bits per heavy atom. The number of nitrogens with zero attached hydrogens (tertiary/aromatic N) is 2. The Kier molecular flexibility index (Phi) is 5.16. The molecule has 1 aliphatic carbocycles. The zero-order chi connectivity index (χ0) is 17.3. The number of carbonyl (C=O) groups is 1. The molecule has 3 rings (SSSR count). The second kappa shape index (κ2) is 7.00. The second-order valence-electron chi connectivity index (χ2n) is 7.81. The monoisotopic (exact) mass is 350 g/mol. The Hall–Kier alpha value is -1.14. The number of carbonyl (C=O) groups excluding carboxylic acids is 1. The van der Waals surface area contributed by atoms with Gasteiger partial charge in [0.25, 0.3) is 0 Å². The average molecular weight is 351 g/mol. The van der Waals surface area contributed by atoms with Crippen LogP contribution in [0.5, 0.6) is 0 Å². The van der Waals surface area contributed by atoms with Gasteiger partial charge in [-0.05, 0) is 37.4 Å². The molecule has 0 aromatic heterocycles. The lowest BCUT2D eigenvalue weighted by molar-refractivity contribution is -0.132. The zero-order valence-corrected chi connectivity index (χ0v) is 15.7. The quantitative estimate of drug-likeness (QED) is 0.585. The SMILES string of the molecule is C=CCN1C(=O)[C@H](CC(C)C)NC12CCN(C(=S)NC1CC1)CC2. The van der Waals surface area contributed by atoms with Crippen molar-refractivity contribution >= 4 is 23.2 Å². The number of piperidine rings is 1. The van der Waals surface area contributed by atoms with Gasteiger partial charge in [0.15, 0.2) is 5.11 Å².